The van der Waals surface area contributed by atoms with Crippen molar-refractivity contribution in [3.05, 3.63) is 29.8 Å². The number of nitrogens with zero attached hydrogens (tertiary/aromatic N) is 2. The predicted octanol–water partition coefficient (Wildman–Crippen LogP) is 1.69. The van der Waals surface area contributed by atoms with E-state index in [1.807, 2.05) is 29.2 Å². The van der Waals surface area contributed by atoms with Crippen molar-refractivity contribution in [2.45, 2.75) is 31.7 Å². The fourth-order valence-electron chi connectivity index (χ4n) is 3.77. The number of anilines is 1. The number of amides is 3. The topological polar surface area (TPSA) is 73.9 Å². The minimum absolute atomic E-state index is 0.0416. The first-order chi connectivity index (χ1) is 13.2. The molecular formula is C20H30N4O3. The van der Waals surface area contributed by atoms with Gasteiger partial charge in [-0.2, -0.15) is 0 Å². The summed E-state index contributed by atoms with van der Waals surface area (Å²) in [5.41, 5.74) is 1.62. The van der Waals surface area contributed by atoms with Crippen molar-refractivity contribution in [3.63, 3.8) is 0 Å². The third kappa shape index (κ3) is 5.68. The average Bonchev–Trinajstić information content (AvgIpc) is 2.69. The first kappa shape index (κ1) is 19.6. The van der Waals surface area contributed by atoms with Gasteiger partial charge in [0, 0.05) is 45.0 Å². The lowest BCUT2D eigenvalue weighted by molar-refractivity contribution is -0.119. The predicted molar refractivity (Wildman–Crippen MR) is 105 cm³/mol. The Morgan fingerprint density at radius 2 is 2.00 bits per heavy atom. The second-order valence-corrected chi connectivity index (χ2v) is 7.24. The summed E-state index contributed by atoms with van der Waals surface area (Å²) in [6, 6.07) is 7.69. The molecule has 2 heterocycles. The van der Waals surface area contributed by atoms with E-state index in [1.54, 1.807) is 7.05 Å². The SMILES string of the molecule is CNC(=O)Cc1cccc(NC(=O)N2CCCC[C@@H]2CN2CCOCC2)c1. The number of carbonyl (C=O) groups excluding carboxylic acids is 2. The summed E-state index contributed by atoms with van der Waals surface area (Å²) in [7, 11) is 1.62. The van der Waals surface area contributed by atoms with Gasteiger partial charge in [-0.05, 0) is 37.0 Å². The molecule has 1 atom stereocenters. The molecule has 0 unspecified atom stereocenters. The number of morpholine rings is 1. The minimum atomic E-state index is -0.0509. The number of carbonyl (C=O) groups is 2. The van der Waals surface area contributed by atoms with Gasteiger partial charge in [0.25, 0.3) is 0 Å². The van der Waals surface area contributed by atoms with Gasteiger partial charge in [0.05, 0.1) is 19.6 Å². The van der Waals surface area contributed by atoms with Crippen molar-refractivity contribution in [2.75, 3.05) is 51.8 Å². The third-order valence-electron chi connectivity index (χ3n) is 5.28. The zero-order chi connectivity index (χ0) is 19.1. The summed E-state index contributed by atoms with van der Waals surface area (Å²) < 4.78 is 5.43. The molecule has 148 valence electrons. The highest BCUT2D eigenvalue weighted by Gasteiger charge is 2.28. The molecule has 1 aromatic carbocycles. The number of likely N-dealkylation sites (tertiary alicyclic amines) is 1. The largest absolute Gasteiger partial charge is 0.379 e. The molecular weight excluding hydrogens is 344 g/mol. The molecule has 3 amide bonds. The van der Waals surface area contributed by atoms with Crippen molar-refractivity contribution < 1.29 is 14.3 Å². The maximum atomic E-state index is 12.9. The summed E-state index contributed by atoms with van der Waals surface area (Å²) in [5, 5.41) is 5.64. The maximum absolute atomic E-state index is 12.9. The third-order valence-corrected chi connectivity index (χ3v) is 5.28. The van der Waals surface area contributed by atoms with E-state index >= 15 is 0 Å². The zero-order valence-corrected chi connectivity index (χ0v) is 16.1. The molecule has 7 heteroatoms. The van der Waals surface area contributed by atoms with Crippen molar-refractivity contribution in [1.29, 1.82) is 0 Å². The first-order valence-corrected chi connectivity index (χ1v) is 9.83. The molecule has 0 radical (unpaired) electrons. The molecule has 0 spiro atoms. The van der Waals surface area contributed by atoms with Gasteiger partial charge in [0.1, 0.15) is 0 Å². The van der Waals surface area contributed by atoms with Crippen LogP contribution in [0.3, 0.4) is 0 Å². The summed E-state index contributed by atoms with van der Waals surface area (Å²) in [6.45, 7) is 5.13. The number of rotatable bonds is 5. The molecule has 2 saturated heterocycles. The van der Waals surface area contributed by atoms with Crippen LogP contribution in [0.4, 0.5) is 10.5 Å². The molecule has 3 rings (SSSR count). The number of benzene rings is 1. The molecule has 0 aromatic heterocycles. The van der Waals surface area contributed by atoms with Gasteiger partial charge in [-0.25, -0.2) is 4.79 Å². The van der Waals surface area contributed by atoms with Gasteiger partial charge in [0.2, 0.25) is 5.91 Å². The Morgan fingerprint density at radius 3 is 2.78 bits per heavy atom. The van der Waals surface area contributed by atoms with Crippen molar-refractivity contribution in [1.82, 2.24) is 15.1 Å². The molecule has 0 bridgehead atoms. The Kier molecular flexibility index (Phi) is 7.06. The Hall–Kier alpha value is -2.12. The molecule has 1 aromatic rings. The Morgan fingerprint density at radius 1 is 1.19 bits per heavy atom. The minimum Gasteiger partial charge on any atom is -0.379 e. The molecule has 2 fully saturated rings. The van der Waals surface area contributed by atoms with Gasteiger partial charge in [-0.3, -0.25) is 9.69 Å². The molecule has 0 aliphatic carbocycles. The van der Waals surface area contributed by atoms with Crippen molar-refractivity contribution in [2.24, 2.45) is 0 Å². The second kappa shape index (κ2) is 9.71. The van der Waals surface area contributed by atoms with Crippen LogP contribution in [0.25, 0.3) is 0 Å². The van der Waals surface area contributed by atoms with Crippen molar-refractivity contribution in [3.8, 4) is 0 Å². The lowest BCUT2D eigenvalue weighted by Crippen LogP contribution is -2.52. The number of piperidine rings is 1. The molecule has 7 nitrogen and oxygen atoms in total. The summed E-state index contributed by atoms with van der Waals surface area (Å²) in [5.74, 6) is -0.0416. The second-order valence-electron chi connectivity index (χ2n) is 7.24. The normalized spacial score (nSPS) is 20.9. The van der Waals surface area contributed by atoms with Crippen LogP contribution in [0.15, 0.2) is 24.3 Å². The van der Waals surface area contributed by atoms with Crippen LogP contribution in [0.5, 0.6) is 0 Å². The number of nitrogens with one attached hydrogen (secondary N) is 2. The van der Waals surface area contributed by atoms with Crippen LogP contribution in [0.1, 0.15) is 24.8 Å². The van der Waals surface area contributed by atoms with Crippen LogP contribution in [0.2, 0.25) is 0 Å². The van der Waals surface area contributed by atoms with Gasteiger partial charge in [-0.15, -0.1) is 0 Å². The smallest absolute Gasteiger partial charge is 0.322 e. The summed E-state index contributed by atoms with van der Waals surface area (Å²) in [4.78, 5) is 28.8. The number of hydrogen-bond acceptors (Lipinski definition) is 4. The lowest BCUT2D eigenvalue weighted by Gasteiger charge is -2.39. The monoisotopic (exact) mass is 374 g/mol. The Bertz CT molecular complexity index is 646. The molecule has 0 saturated carbocycles. The van der Waals surface area contributed by atoms with E-state index < -0.39 is 0 Å². The van der Waals surface area contributed by atoms with Crippen LogP contribution in [-0.4, -0.2) is 74.2 Å². The van der Waals surface area contributed by atoms with E-state index in [2.05, 4.69) is 15.5 Å². The number of likely N-dealkylation sites (N-methyl/N-ethyl adjacent to an activating group) is 1. The number of ether oxygens (including phenoxy) is 1. The highest BCUT2D eigenvalue weighted by atomic mass is 16.5. The quantitative estimate of drug-likeness (QED) is 0.823. The number of urea groups is 1. The van der Waals surface area contributed by atoms with Crippen LogP contribution in [-0.2, 0) is 16.0 Å². The maximum Gasteiger partial charge on any atom is 0.322 e. The molecule has 2 aliphatic rings. The van der Waals surface area contributed by atoms with Gasteiger partial charge >= 0.3 is 6.03 Å². The van der Waals surface area contributed by atoms with Crippen molar-refractivity contribution >= 4 is 17.6 Å². The molecule has 2 aliphatic heterocycles. The van der Waals surface area contributed by atoms with Crippen LogP contribution >= 0.6 is 0 Å². The van der Waals surface area contributed by atoms with E-state index in [0.717, 1.165) is 63.5 Å². The van der Waals surface area contributed by atoms with E-state index in [0.29, 0.717) is 6.42 Å². The Labute approximate surface area is 161 Å². The summed E-state index contributed by atoms with van der Waals surface area (Å²) in [6.07, 6.45) is 3.56. The van der Waals surface area contributed by atoms with Crippen LogP contribution in [0, 0.1) is 0 Å². The van der Waals surface area contributed by atoms with Gasteiger partial charge in [0.15, 0.2) is 0 Å². The van der Waals surface area contributed by atoms with Crippen LogP contribution < -0.4 is 10.6 Å². The fourth-order valence-corrected chi connectivity index (χ4v) is 3.77. The zero-order valence-electron chi connectivity index (χ0n) is 16.1. The van der Waals surface area contributed by atoms with E-state index in [-0.39, 0.29) is 18.0 Å². The van der Waals surface area contributed by atoms with E-state index in [1.165, 1.54) is 6.42 Å². The highest BCUT2D eigenvalue weighted by molar-refractivity contribution is 5.90. The highest BCUT2D eigenvalue weighted by Crippen LogP contribution is 2.20. The average molecular weight is 374 g/mol. The van der Waals surface area contributed by atoms with E-state index in [4.69, 9.17) is 4.74 Å². The number of hydrogen-bond donors (Lipinski definition) is 2. The molecule has 2 N–H and O–H groups in total. The lowest BCUT2D eigenvalue weighted by atomic mass is 10.0. The fraction of sp³-hybridized carbons (Fsp3) is 0.600. The Balaban J connectivity index is 1.61. The first-order valence-electron chi connectivity index (χ1n) is 9.83. The summed E-state index contributed by atoms with van der Waals surface area (Å²) >= 11 is 0. The van der Waals surface area contributed by atoms with Gasteiger partial charge < -0.3 is 20.3 Å². The molecule has 27 heavy (non-hydrogen) atoms. The standard InChI is InChI=1S/C20H30N4O3/c1-21-19(25)14-16-5-4-6-17(13-16)22-20(26)24-8-3-2-7-18(24)15-23-9-11-27-12-10-23/h4-6,13,18H,2-3,7-12,14-15H2,1H3,(H,21,25)(H,22,26)/t18-/m1/s1. The van der Waals surface area contributed by atoms with Gasteiger partial charge in [-0.1, -0.05) is 12.1 Å². The van der Waals surface area contributed by atoms with E-state index in [9.17, 15) is 9.59 Å².